The average molecular weight is 330 g/mol. The summed E-state index contributed by atoms with van der Waals surface area (Å²) in [5.41, 5.74) is 1.14. The minimum Gasteiger partial charge on any atom is -0.494 e. The minimum absolute atomic E-state index is 0.0673. The second-order valence-electron chi connectivity index (χ2n) is 7.05. The molecular formula is C19H26N2O3. The smallest absolute Gasteiger partial charge is 0.317 e. The Balaban J connectivity index is 1.27. The fourth-order valence-corrected chi connectivity index (χ4v) is 4.55. The fraction of sp³-hybridized carbons (Fsp3) is 0.632. The van der Waals surface area contributed by atoms with Crippen molar-refractivity contribution in [3.05, 3.63) is 29.8 Å². The van der Waals surface area contributed by atoms with Gasteiger partial charge in [0.2, 0.25) is 0 Å². The number of urea groups is 1. The predicted molar refractivity (Wildman–Crippen MR) is 91.2 cm³/mol. The maximum Gasteiger partial charge on any atom is 0.317 e. The van der Waals surface area contributed by atoms with Gasteiger partial charge in [0, 0.05) is 31.5 Å². The van der Waals surface area contributed by atoms with Gasteiger partial charge in [0.1, 0.15) is 5.75 Å². The lowest BCUT2D eigenvalue weighted by Crippen LogP contribution is -2.40. The summed E-state index contributed by atoms with van der Waals surface area (Å²) in [5.74, 6) is 2.04. The summed E-state index contributed by atoms with van der Waals surface area (Å²) in [4.78, 5) is 14.4. The molecule has 0 aromatic heterocycles. The lowest BCUT2D eigenvalue weighted by Gasteiger charge is -2.19. The van der Waals surface area contributed by atoms with E-state index in [4.69, 9.17) is 9.47 Å². The molecule has 4 rings (SSSR count). The monoisotopic (exact) mass is 330 g/mol. The normalized spacial score (nSPS) is 30.5. The molecule has 0 aliphatic carbocycles. The number of hydrogen-bond acceptors (Lipinski definition) is 3. The van der Waals surface area contributed by atoms with E-state index in [0.717, 1.165) is 30.8 Å². The summed E-state index contributed by atoms with van der Waals surface area (Å²) in [6.07, 6.45) is 3.94. The zero-order valence-corrected chi connectivity index (χ0v) is 14.2. The molecule has 3 heterocycles. The fourth-order valence-electron chi connectivity index (χ4n) is 4.55. The molecule has 1 aromatic rings. The Hall–Kier alpha value is -1.75. The van der Waals surface area contributed by atoms with Gasteiger partial charge in [-0.1, -0.05) is 18.2 Å². The molecule has 3 aliphatic heterocycles. The van der Waals surface area contributed by atoms with Crippen LogP contribution in [-0.2, 0) is 11.2 Å². The van der Waals surface area contributed by atoms with Crippen molar-refractivity contribution in [3.8, 4) is 5.75 Å². The number of amides is 2. The average Bonchev–Trinajstić information content (AvgIpc) is 3.29. The Bertz CT molecular complexity index is 588. The number of carbonyl (C=O) groups is 1. The zero-order valence-electron chi connectivity index (χ0n) is 14.2. The van der Waals surface area contributed by atoms with Gasteiger partial charge in [0.25, 0.3) is 0 Å². The van der Waals surface area contributed by atoms with Gasteiger partial charge in [-0.3, -0.25) is 0 Å². The van der Waals surface area contributed by atoms with Crippen LogP contribution in [0.15, 0.2) is 24.3 Å². The van der Waals surface area contributed by atoms with Gasteiger partial charge in [0.15, 0.2) is 0 Å². The molecule has 3 fully saturated rings. The molecule has 0 spiro atoms. The first-order valence-electron chi connectivity index (χ1n) is 9.15. The molecule has 0 saturated carbocycles. The quantitative estimate of drug-likeness (QED) is 0.902. The highest BCUT2D eigenvalue weighted by molar-refractivity contribution is 5.74. The van der Waals surface area contributed by atoms with Crippen LogP contribution in [0.25, 0.3) is 0 Å². The Morgan fingerprint density at radius 3 is 2.67 bits per heavy atom. The number of benzene rings is 1. The molecule has 5 nitrogen and oxygen atoms in total. The molecule has 5 heteroatoms. The van der Waals surface area contributed by atoms with Crippen LogP contribution in [0.5, 0.6) is 5.75 Å². The number of nitrogens with one attached hydrogen (secondary N) is 1. The van der Waals surface area contributed by atoms with Crippen LogP contribution >= 0.6 is 0 Å². The number of fused-ring (bicyclic) bond motifs is 5. The molecular weight excluding hydrogens is 304 g/mol. The van der Waals surface area contributed by atoms with E-state index in [1.807, 2.05) is 30.0 Å². The number of carbonyl (C=O) groups excluding carboxylic acids is 1. The van der Waals surface area contributed by atoms with Gasteiger partial charge in [0.05, 0.1) is 18.8 Å². The molecule has 0 radical (unpaired) electrons. The summed E-state index contributed by atoms with van der Waals surface area (Å²) in [6.45, 7) is 4.99. The number of likely N-dealkylation sites (tertiary alicyclic amines) is 1. The van der Waals surface area contributed by atoms with Gasteiger partial charge in [-0.25, -0.2) is 4.79 Å². The Labute approximate surface area is 143 Å². The Morgan fingerprint density at radius 1 is 1.25 bits per heavy atom. The van der Waals surface area contributed by atoms with E-state index in [0.29, 0.717) is 37.2 Å². The van der Waals surface area contributed by atoms with Gasteiger partial charge in [-0.2, -0.15) is 0 Å². The van der Waals surface area contributed by atoms with Crippen molar-refractivity contribution in [2.75, 3.05) is 26.2 Å². The van der Waals surface area contributed by atoms with Crippen LogP contribution in [0.3, 0.4) is 0 Å². The first-order valence-corrected chi connectivity index (χ1v) is 9.15. The molecule has 2 bridgehead atoms. The maximum absolute atomic E-state index is 12.5. The topological polar surface area (TPSA) is 50.8 Å². The molecule has 1 N–H and O–H groups in total. The van der Waals surface area contributed by atoms with E-state index in [1.165, 1.54) is 12.8 Å². The molecule has 24 heavy (non-hydrogen) atoms. The number of ether oxygens (including phenoxy) is 2. The standard InChI is InChI=1S/C19H26N2O3/c1-2-23-16-6-4-3-5-13(16)9-10-20-19(22)21-11-14-15(12-21)18-8-7-17(14)24-18/h3-6,14-15,17-18H,2,7-12H2,1H3,(H,20,22)/t14-,15+,17-,18-/m1/s1. The van der Waals surface area contributed by atoms with E-state index in [2.05, 4.69) is 11.4 Å². The lowest BCUT2D eigenvalue weighted by atomic mass is 9.82. The van der Waals surface area contributed by atoms with Crippen LogP contribution in [0, 0.1) is 11.8 Å². The van der Waals surface area contributed by atoms with E-state index >= 15 is 0 Å². The Kier molecular flexibility index (Phi) is 4.35. The molecule has 1 aromatic carbocycles. The summed E-state index contributed by atoms with van der Waals surface area (Å²) >= 11 is 0. The molecule has 3 aliphatic rings. The molecule has 0 unspecified atom stereocenters. The molecule has 2 amide bonds. The van der Waals surface area contributed by atoms with Crippen molar-refractivity contribution >= 4 is 6.03 Å². The highest BCUT2D eigenvalue weighted by Crippen LogP contribution is 2.47. The van der Waals surface area contributed by atoms with Gasteiger partial charge in [-0.15, -0.1) is 0 Å². The lowest BCUT2D eigenvalue weighted by molar-refractivity contribution is 0.0739. The van der Waals surface area contributed by atoms with Crippen LogP contribution < -0.4 is 10.1 Å². The summed E-state index contributed by atoms with van der Waals surface area (Å²) in [7, 11) is 0. The van der Waals surface area contributed by atoms with Crippen molar-refractivity contribution < 1.29 is 14.3 Å². The highest BCUT2D eigenvalue weighted by atomic mass is 16.5. The summed E-state index contributed by atoms with van der Waals surface area (Å²) in [6, 6.07) is 8.10. The third kappa shape index (κ3) is 2.86. The van der Waals surface area contributed by atoms with E-state index in [1.54, 1.807) is 0 Å². The predicted octanol–water partition coefficient (Wildman–Crippen LogP) is 2.45. The largest absolute Gasteiger partial charge is 0.494 e. The second kappa shape index (κ2) is 6.63. The van der Waals surface area contributed by atoms with Gasteiger partial charge >= 0.3 is 6.03 Å². The number of para-hydroxylation sites is 1. The van der Waals surface area contributed by atoms with Crippen LogP contribution in [0.4, 0.5) is 4.79 Å². The third-order valence-corrected chi connectivity index (χ3v) is 5.68. The number of nitrogens with zero attached hydrogens (tertiary/aromatic N) is 1. The highest BCUT2D eigenvalue weighted by Gasteiger charge is 2.53. The third-order valence-electron chi connectivity index (χ3n) is 5.68. The van der Waals surface area contributed by atoms with Crippen LogP contribution in [0.2, 0.25) is 0 Å². The second-order valence-corrected chi connectivity index (χ2v) is 7.05. The first-order chi connectivity index (χ1) is 11.8. The maximum atomic E-state index is 12.5. The molecule has 3 saturated heterocycles. The van der Waals surface area contributed by atoms with Gasteiger partial charge < -0.3 is 19.7 Å². The summed E-state index contributed by atoms with van der Waals surface area (Å²) in [5, 5.41) is 3.07. The van der Waals surface area contributed by atoms with E-state index in [-0.39, 0.29) is 6.03 Å². The van der Waals surface area contributed by atoms with Crippen molar-refractivity contribution in [1.82, 2.24) is 10.2 Å². The summed E-state index contributed by atoms with van der Waals surface area (Å²) < 4.78 is 11.6. The van der Waals surface area contributed by atoms with E-state index < -0.39 is 0 Å². The van der Waals surface area contributed by atoms with Crippen molar-refractivity contribution in [3.63, 3.8) is 0 Å². The van der Waals surface area contributed by atoms with E-state index in [9.17, 15) is 4.79 Å². The van der Waals surface area contributed by atoms with Gasteiger partial charge in [-0.05, 0) is 37.8 Å². The molecule has 4 atom stereocenters. The number of hydrogen-bond donors (Lipinski definition) is 1. The number of rotatable bonds is 5. The van der Waals surface area contributed by atoms with Crippen molar-refractivity contribution in [2.24, 2.45) is 11.8 Å². The van der Waals surface area contributed by atoms with Crippen LogP contribution in [-0.4, -0.2) is 49.4 Å². The zero-order chi connectivity index (χ0) is 16.5. The van der Waals surface area contributed by atoms with Crippen molar-refractivity contribution in [1.29, 1.82) is 0 Å². The van der Waals surface area contributed by atoms with Crippen LogP contribution in [0.1, 0.15) is 25.3 Å². The van der Waals surface area contributed by atoms with Crippen molar-refractivity contribution in [2.45, 2.75) is 38.4 Å². The first kappa shape index (κ1) is 15.8. The Morgan fingerprint density at radius 2 is 1.96 bits per heavy atom. The minimum atomic E-state index is 0.0673. The molecule has 130 valence electrons. The SMILES string of the molecule is CCOc1ccccc1CCNC(=O)N1C[C@@H]2[C@H](C1)[C@H]1CC[C@H]2O1.